The lowest BCUT2D eigenvalue weighted by atomic mass is 10.0. The molecule has 0 aliphatic rings. The summed E-state index contributed by atoms with van der Waals surface area (Å²) in [5, 5.41) is 37.3. The molecular weight excluding hydrogens is 287 g/mol. The summed E-state index contributed by atoms with van der Waals surface area (Å²) in [5.41, 5.74) is 0. The van der Waals surface area contributed by atoms with E-state index in [0.717, 1.165) is 0 Å². The van der Waals surface area contributed by atoms with Crippen LogP contribution >= 0.6 is 7.82 Å². The monoisotopic (exact) mass is 304 g/mol. The van der Waals surface area contributed by atoms with Crippen molar-refractivity contribution in [1.29, 1.82) is 0 Å². The lowest BCUT2D eigenvalue weighted by Crippen LogP contribution is -2.49. The van der Waals surface area contributed by atoms with Crippen LogP contribution in [0.3, 0.4) is 0 Å². The van der Waals surface area contributed by atoms with Gasteiger partial charge in [-0.25, -0.2) is 9.36 Å². The third-order valence-corrected chi connectivity index (χ3v) is 2.49. The van der Waals surface area contributed by atoms with Crippen LogP contribution < -0.4 is 0 Å². The molecule has 11 heteroatoms. The molecule has 0 fully saturated rings. The van der Waals surface area contributed by atoms with E-state index in [-0.39, 0.29) is 6.61 Å². The Bertz CT molecular complexity index is 327. The molecule has 6 N–H and O–H groups in total. The second kappa shape index (κ2) is 7.88. The highest BCUT2D eigenvalue weighted by atomic mass is 31.2. The maximum Gasteiger partial charge on any atom is 0.469 e. The van der Waals surface area contributed by atoms with Crippen LogP contribution in [0.5, 0.6) is 0 Å². The van der Waals surface area contributed by atoms with Gasteiger partial charge in [-0.1, -0.05) is 0 Å². The molecule has 0 aliphatic carbocycles. The maximum atomic E-state index is 11.0. The van der Waals surface area contributed by atoms with E-state index >= 15 is 0 Å². The zero-order valence-electron chi connectivity index (χ0n) is 9.99. The molecule has 0 aromatic rings. The lowest BCUT2D eigenvalue weighted by Gasteiger charge is -2.25. The van der Waals surface area contributed by atoms with Crippen molar-refractivity contribution in [2.45, 2.75) is 31.3 Å². The molecule has 0 saturated heterocycles. The second-order valence-electron chi connectivity index (χ2n) is 3.53. The van der Waals surface area contributed by atoms with Crippen molar-refractivity contribution < 1.29 is 48.8 Å². The number of aliphatic hydroxyl groups excluding tert-OH is 4. The first kappa shape index (κ1) is 18.4. The fourth-order valence-electron chi connectivity index (χ4n) is 1.05. The molecule has 10 nitrogen and oxygen atoms in total. The van der Waals surface area contributed by atoms with Crippen molar-refractivity contribution >= 4 is 13.8 Å². The van der Waals surface area contributed by atoms with Crippen LogP contribution in [0.4, 0.5) is 0 Å². The maximum absolute atomic E-state index is 11.0. The fourth-order valence-corrected chi connectivity index (χ4v) is 1.40. The summed E-state index contributed by atoms with van der Waals surface area (Å²) < 4.78 is 18.6. The number of ether oxygens (including phenoxy) is 1. The van der Waals surface area contributed by atoms with Crippen molar-refractivity contribution in [3.05, 3.63) is 0 Å². The number of phosphoric acid groups is 1. The van der Waals surface area contributed by atoms with Gasteiger partial charge in [0.25, 0.3) is 0 Å². The number of carbonyl (C=O) groups excluding carboxylic acids is 1. The Morgan fingerprint density at radius 1 is 1.16 bits per heavy atom. The molecular formula is C8H17O10P. The summed E-state index contributed by atoms with van der Waals surface area (Å²) >= 11 is 0. The van der Waals surface area contributed by atoms with E-state index in [1.807, 2.05) is 0 Å². The predicted molar refractivity (Wildman–Crippen MR) is 58.7 cm³/mol. The molecule has 0 rings (SSSR count). The van der Waals surface area contributed by atoms with Gasteiger partial charge in [-0.2, -0.15) is 0 Å². The fraction of sp³-hybridized carbons (Fsp3) is 0.875. The van der Waals surface area contributed by atoms with Gasteiger partial charge in [0, 0.05) is 0 Å². The third-order valence-electron chi connectivity index (χ3n) is 2.01. The number of hydrogen-bond acceptors (Lipinski definition) is 8. The van der Waals surface area contributed by atoms with Crippen LogP contribution in [-0.2, 0) is 18.6 Å². The minimum absolute atomic E-state index is 0.0669. The van der Waals surface area contributed by atoms with Crippen LogP contribution in [0.15, 0.2) is 0 Å². The number of rotatable bonds is 8. The molecule has 0 unspecified atom stereocenters. The van der Waals surface area contributed by atoms with E-state index in [4.69, 9.17) is 9.79 Å². The van der Waals surface area contributed by atoms with E-state index in [2.05, 4.69) is 9.26 Å². The van der Waals surface area contributed by atoms with Gasteiger partial charge in [0.1, 0.15) is 18.3 Å². The van der Waals surface area contributed by atoms with Gasteiger partial charge < -0.3 is 34.9 Å². The topological polar surface area (TPSA) is 174 Å². The Morgan fingerprint density at radius 2 is 1.68 bits per heavy atom. The first-order valence-electron chi connectivity index (χ1n) is 5.19. The van der Waals surface area contributed by atoms with E-state index in [1.165, 1.54) is 6.92 Å². The highest BCUT2D eigenvalue weighted by Crippen LogP contribution is 2.35. The summed E-state index contributed by atoms with van der Waals surface area (Å²) in [7, 11) is -4.85. The van der Waals surface area contributed by atoms with Crippen molar-refractivity contribution in [1.82, 2.24) is 0 Å². The summed E-state index contributed by atoms with van der Waals surface area (Å²) in [6.07, 6.45) is -8.20. The highest BCUT2D eigenvalue weighted by molar-refractivity contribution is 7.46. The highest BCUT2D eigenvalue weighted by Gasteiger charge is 2.36. The molecule has 0 amide bonds. The molecule has 0 radical (unpaired) electrons. The van der Waals surface area contributed by atoms with Gasteiger partial charge >= 0.3 is 13.8 Å². The SMILES string of the molecule is CCOC(=O)[C@H](O)[C@@H](O)[C@H](O)[C@H](O)COP(=O)(O)O. The smallest absolute Gasteiger partial charge is 0.464 e. The molecule has 0 spiro atoms. The van der Waals surface area contributed by atoms with Gasteiger partial charge in [0.2, 0.25) is 0 Å². The molecule has 0 heterocycles. The number of aliphatic hydroxyl groups is 4. The average molecular weight is 304 g/mol. The standard InChI is InChI=1S/C8H17O10P/c1-2-17-8(13)7(12)6(11)5(10)4(9)3-18-19(14,15)16/h4-7,9-12H,2-3H2,1H3,(H2,14,15,16)/t4-,5-,6+,7-/m1/s1. The van der Waals surface area contributed by atoms with Crippen LogP contribution in [0.25, 0.3) is 0 Å². The van der Waals surface area contributed by atoms with Crippen molar-refractivity contribution in [3.63, 3.8) is 0 Å². The van der Waals surface area contributed by atoms with Crippen LogP contribution in [0.1, 0.15) is 6.92 Å². The summed E-state index contributed by atoms with van der Waals surface area (Å²) in [5.74, 6) is -1.21. The zero-order valence-corrected chi connectivity index (χ0v) is 10.9. The number of carbonyl (C=O) groups is 1. The first-order valence-corrected chi connectivity index (χ1v) is 6.72. The number of esters is 1. The molecule has 0 aromatic heterocycles. The van der Waals surface area contributed by atoms with E-state index < -0.39 is 44.8 Å². The summed E-state index contributed by atoms with van der Waals surface area (Å²) in [6, 6.07) is 0. The molecule has 0 aromatic carbocycles. The van der Waals surface area contributed by atoms with Crippen molar-refractivity contribution in [2.75, 3.05) is 13.2 Å². The van der Waals surface area contributed by atoms with Gasteiger partial charge in [-0.05, 0) is 6.92 Å². The number of hydrogen-bond donors (Lipinski definition) is 6. The summed E-state index contributed by atoms with van der Waals surface area (Å²) in [4.78, 5) is 27.8. The Balaban J connectivity index is 4.42. The van der Waals surface area contributed by atoms with Crippen LogP contribution in [0.2, 0.25) is 0 Å². The second-order valence-corrected chi connectivity index (χ2v) is 4.77. The molecule has 0 bridgehead atoms. The van der Waals surface area contributed by atoms with E-state index in [1.54, 1.807) is 0 Å². The molecule has 0 saturated carbocycles. The molecule has 19 heavy (non-hydrogen) atoms. The Hall–Kier alpha value is -0.580. The van der Waals surface area contributed by atoms with Gasteiger partial charge in [-0.3, -0.25) is 4.52 Å². The minimum Gasteiger partial charge on any atom is -0.464 e. The molecule has 0 aliphatic heterocycles. The average Bonchev–Trinajstić information content (AvgIpc) is 2.32. The normalized spacial score (nSPS) is 18.5. The zero-order chi connectivity index (χ0) is 15.2. The number of phosphoric ester groups is 1. The van der Waals surface area contributed by atoms with Crippen molar-refractivity contribution in [3.8, 4) is 0 Å². The minimum atomic E-state index is -4.85. The quantitative estimate of drug-likeness (QED) is 0.201. The summed E-state index contributed by atoms with van der Waals surface area (Å²) in [6.45, 7) is 0.386. The van der Waals surface area contributed by atoms with Crippen LogP contribution in [-0.4, -0.2) is 73.8 Å². The predicted octanol–water partition coefficient (Wildman–Crippen LogP) is -2.90. The van der Waals surface area contributed by atoms with Crippen LogP contribution in [0, 0.1) is 0 Å². The molecule has 114 valence electrons. The van der Waals surface area contributed by atoms with Gasteiger partial charge in [0.15, 0.2) is 6.10 Å². The Morgan fingerprint density at radius 3 is 2.11 bits per heavy atom. The van der Waals surface area contributed by atoms with Gasteiger partial charge in [0.05, 0.1) is 13.2 Å². The first-order chi connectivity index (χ1) is 8.60. The third kappa shape index (κ3) is 6.95. The molecule has 4 atom stereocenters. The van der Waals surface area contributed by atoms with Gasteiger partial charge in [-0.15, -0.1) is 0 Å². The Labute approximate surface area is 108 Å². The Kier molecular flexibility index (Phi) is 7.64. The van der Waals surface area contributed by atoms with E-state index in [0.29, 0.717) is 0 Å². The largest absolute Gasteiger partial charge is 0.469 e. The van der Waals surface area contributed by atoms with Crippen molar-refractivity contribution in [2.24, 2.45) is 0 Å². The van der Waals surface area contributed by atoms with E-state index in [9.17, 15) is 29.8 Å². The lowest BCUT2D eigenvalue weighted by molar-refractivity contribution is -0.169.